The molecule has 1 fully saturated rings. The fraction of sp³-hybridized carbons (Fsp3) is 0.417. The highest BCUT2D eigenvalue weighted by Gasteiger charge is 2.28. The van der Waals surface area contributed by atoms with E-state index in [9.17, 15) is 4.79 Å². The number of rotatable bonds is 2. The van der Waals surface area contributed by atoms with Gasteiger partial charge in [0.25, 0.3) is 0 Å². The lowest BCUT2D eigenvalue weighted by Crippen LogP contribution is -2.50. The number of benzene rings is 1. The van der Waals surface area contributed by atoms with Crippen LogP contribution in [0.5, 0.6) is 0 Å². The van der Waals surface area contributed by atoms with Gasteiger partial charge in [0.1, 0.15) is 0 Å². The number of carbonyl (C=O) groups is 1. The number of hydrogen-bond donors (Lipinski definition) is 1. The van der Waals surface area contributed by atoms with Crippen LogP contribution in [0, 0.1) is 6.92 Å². The third kappa shape index (κ3) is 2.23. The van der Waals surface area contributed by atoms with Gasteiger partial charge in [0.05, 0.1) is 11.8 Å². The van der Waals surface area contributed by atoms with E-state index in [1.165, 1.54) is 5.56 Å². The first-order chi connectivity index (χ1) is 7.72. The molecule has 1 atom stereocenters. The Morgan fingerprint density at radius 2 is 2.12 bits per heavy atom. The highest BCUT2D eigenvalue weighted by Crippen LogP contribution is 2.24. The summed E-state index contributed by atoms with van der Waals surface area (Å²) in [7, 11) is 0. The molecule has 2 rings (SSSR count). The van der Waals surface area contributed by atoms with Gasteiger partial charge in [-0.05, 0) is 19.1 Å². The maximum absolute atomic E-state index is 11.9. The number of anilines is 1. The molecule has 0 saturated carbocycles. The average molecular weight is 236 g/mol. The number of hydrogen-bond acceptors (Lipinski definition) is 3. The van der Waals surface area contributed by atoms with Gasteiger partial charge in [-0.2, -0.15) is 0 Å². The fourth-order valence-corrected chi connectivity index (χ4v) is 2.85. The van der Waals surface area contributed by atoms with Crippen LogP contribution in [0.15, 0.2) is 24.3 Å². The zero-order valence-electron chi connectivity index (χ0n) is 9.35. The van der Waals surface area contributed by atoms with Crippen molar-refractivity contribution in [3.05, 3.63) is 29.8 Å². The molecule has 0 aliphatic carbocycles. The molecule has 2 N–H and O–H groups in total. The van der Waals surface area contributed by atoms with Crippen LogP contribution in [0.2, 0.25) is 0 Å². The summed E-state index contributed by atoms with van der Waals surface area (Å²) in [6.07, 6.45) is 0. The summed E-state index contributed by atoms with van der Waals surface area (Å²) in [5.74, 6) is 1.65. The van der Waals surface area contributed by atoms with Crippen LogP contribution in [-0.2, 0) is 4.79 Å². The molecule has 1 aromatic carbocycles. The minimum absolute atomic E-state index is 0.133. The number of nitrogens with zero attached hydrogens (tertiary/aromatic N) is 1. The predicted molar refractivity (Wildman–Crippen MR) is 68.8 cm³/mol. The lowest BCUT2D eigenvalue weighted by atomic mass is 10.1. The molecule has 1 heterocycles. The van der Waals surface area contributed by atoms with E-state index < -0.39 is 0 Å². The van der Waals surface area contributed by atoms with Crippen LogP contribution >= 0.6 is 11.8 Å². The highest BCUT2D eigenvalue weighted by atomic mass is 32.2. The Morgan fingerprint density at radius 1 is 1.44 bits per heavy atom. The second-order valence-electron chi connectivity index (χ2n) is 4.00. The third-order valence-corrected chi connectivity index (χ3v) is 3.83. The number of aryl methyl sites for hydroxylation is 1. The first-order valence-corrected chi connectivity index (χ1v) is 6.54. The Balaban J connectivity index is 2.28. The molecule has 3 nitrogen and oxygen atoms in total. The molecular weight excluding hydrogens is 220 g/mol. The van der Waals surface area contributed by atoms with Gasteiger partial charge in [-0.25, -0.2) is 0 Å². The van der Waals surface area contributed by atoms with E-state index >= 15 is 0 Å². The molecule has 0 aromatic heterocycles. The summed E-state index contributed by atoms with van der Waals surface area (Å²) < 4.78 is 0. The largest absolute Gasteiger partial charge is 0.328 e. The van der Waals surface area contributed by atoms with Crippen LogP contribution < -0.4 is 10.6 Å². The molecule has 1 aliphatic heterocycles. The zero-order valence-corrected chi connectivity index (χ0v) is 10.2. The van der Waals surface area contributed by atoms with E-state index in [2.05, 4.69) is 0 Å². The van der Waals surface area contributed by atoms with E-state index in [0.29, 0.717) is 12.3 Å². The number of amides is 1. The first kappa shape index (κ1) is 11.5. The van der Waals surface area contributed by atoms with Gasteiger partial charge in [-0.1, -0.05) is 17.7 Å². The summed E-state index contributed by atoms with van der Waals surface area (Å²) in [5, 5.41) is 0. The molecule has 1 saturated heterocycles. The molecule has 1 unspecified atom stereocenters. The van der Waals surface area contributed by atoms with Gasteiger partial charge in [-0.3, -0.25) is 4.79 Å². The highest BCUT2D eigenvalue weighted by molar-refractivity contribution is 8.00. The molecular formula is C12H16N2OS. The maximum Gasteiger partial charge on any atom is 0.237 e. The van der Waals surface area contributed by atoms with E-state index in [4.69, 9.17) is 5.73 Å². The lowest BCUT2D eigenvalue weighted by molar-refractivity contribution is -0.116. The van der Waals surface area contributed by atoms with E-state index in [-0.39, 0.29) is 11.9 Å². The minimum Gasteiger partial charge on any atom is -0.328 e. The first-order valence-electron chi connectivity index (χ1n) is 5.39. The van der Waals surface area contributed by atoms with Gasteiger partial charge < -0.3 is 10.6 Å². The summed E-state index contributed by atoms with van der Waals surface area (Å²) in [6, 6.07) is 8.17. The molecule has 0 bridgehead atoms. The number of nitrogens with two attached hydrogens (primary N) is 1. The lowest BCUT2D eigenvalue weighted by Gasteiger charge is -2.34. The van der Waals surface area contributed by atoms with Crippen molar-refractivity contribution in [3.63, 3.8) is 0 Å². The van der Waals surface area contributed by atoms with Crippen molar-refractivity contribution in [3.8, 4) is 0 Å². The minimum atomic E-state index is 0.133. The van der Waals surface area contributed by atoms with E-state index in [1.54, 1.807) is 11.8 Å². The van der Waals surface area contributed by atoms with Crippen LogP contribution in [0.3, 0.4) is 0 Å². The van der Waals surface area contributed by atoms with Crippen LogP contribution in [-0.4, -0.2) is 30.0 Å². The summed E-state index contributed by atoms with van der Waals surface area (Å²) >= 11 is 1.67. The van der Waals surface area contributed by atoms with Gasteiger partial charge >= 0.3 is 0 Å². The zero-order chi connectivity index (χ0) is 11.5. The summed E-state index contributed by atoms with van der Waals surface area (Å²) in [6.45, 7) is 2.56. The third-order valence-electron chi connectivity index (χ3n) is 2.75. The Hall–Kier alpha value is -1.00. The Labute approximate surface area is 100.0 Å². The van der Waals surface area contributed by atoms with Crippen LogP contribution in [0.1, 0.15) is 5.56 Å². The van der Waals surface area contributed by atoms with Crippen molar-refractivity contribution in [2.75, 3.05) is 23.0 Å². The van der Waals surface area contributed by atoms with Crippen molar-refractivity contribution >= 4 is 23.4 Å². The van der Waals surface area contributed by atoms with Crippen molar-refractivity contribution < 1.29 is 4.79 Å². The normalized spacial score (nSPS) is 21.2. The average Bonchev–Trinajstić information content (AvgIpc) is 2.30. The van der Waals surface area contributed by atoms with Crippen LogP contribution in [0.25, 0.3) is 0 Å². The van der Waals surface area contributed by atoms with Crippen molar-refractivity contribution in [1.82, 2.24) is 0 Å². The standard InChI is InChI=1S/C12H16N2OS/c1-9-2-4-10(5-3-9)14-11(6-13)7-16-8-12(14)15/h2-5,11H,6-8,13H2,1H3. The Kier molecular flexibility index (Phi) is 3.51. The monoisotopic (exact) mass is 236 g/mol. The predicted octanol–water partition coefficient (Wildman–Crippen LogP) is 1.40. The SMILES string of the molecule is Cc1ccc(N2C(=O)CSCC2CN)cc1. The van der Waals surface area contributed by atoms with Crippen molar-refractivity contribution in [2.24, 2.45) is 5.73 Å². The van der Waals surface area contributed by atoms with Gasteiger partial charge in [0, 0.05) is 18.0 Å². The molecule has 1 aliphatic rings. The van der Waals surface area contributed by atoms with E-state index in [1.807, 2.05) is 36.1 Å². The maximum atomic E-state index is 11.9. The molecule has 1 amide bonds. The molecule has 1 aromatic rings. The summed E-state index contributed by atoms with van der Waals surface area (Å²) in [5.41, 5.74) is 7.88. The van der Waals surface area contributed by atoms with Gasteiger partial charge in [0.2, 0.25) is 5.91 Å². The topological polar surface area (TPSA) is 46.3 Å². The van der Waals surface area contributed by atoms with Gasteiger partial charge in [0.15, 0.2) is 0 Å². The molecule has 16 heavy (non-hydrogen) atoms. The summed E-state index contributed by atoms with van der Waals surface area (Å²) in [4.78, 5) is 13.7. The molecule has 86 valence electrons. The van der Waals surface area contributed by atoms with Crippen LogP contribution in [0.4, 0.5) is 5.69 Å². The molecule has 0 radical (unpaired) electrons. The smallest absolute Gasteiger partial charge is 0.237 e. The quantitative estimate of drug-likeness (QED) is 0.844. The molecule has 0 spiro atoms. The number of thioether (sulfide) groups is 1. The number of carbonyl (C=O) groups excluding carboxylic acids is 1. The van der Waals surface area contributed by atoms with Crippen molar-refractivity contribution in [1.29, 1.82) is 0 Å². The van der Waals surface area contributed by atoms with E-state index in [0.717, 1.165) is 11.4 Å². The molecule has 4 heteroatoms. The Bertz CT molecular complexity index is 377. The second kappa shape index (κ2) is 4.89. The van der Waals surface area contributed by atoms with Gasteiger partial charge in [-0.15, -0.1) is 11.8 Å². The van der Waals surface area contributed by atoms with Crippen molar-refractivity contribution in [2.45, 2.75) is 13.0 Å². The second-order valence-corrected chi connectivity index (χ2v) is 5.03. The fourth-order valence-electron chi connectivity index (χ4n) is 1.86. The Morgan fingerprint density at radius 3 is 2.75 bits per heavy atom.